The van der Waals surface area contributed by atoms with E-state index < -0.39 is 5.54 Å². The lowest BCUT2D eigenvalue weighted by molar-refractivity contribution is 0.161. The van der Waals surface area contributed by atoms with Crippen LogP contribution in [-0.4, -0.2) is 38.0 Å². The maximum Gasteiger partial charge on any atom is 0.262 e. The largest absolute Gasteiger partial charge is 0.394 e. The Kier molecular flexibility index (Phi) is 4.68. The van der Waals surface area contributed by atoms with E-state index in [2.05, 4.69) is 10.1 Å². The van der Waals surface area contributed by atoms with Crippen LogP contribution in [-0.2, 0) is 16.9 Å². The minimum atomic E-state index is -0.745. The average Bonchev–Trinajstić information content (AvgIpc) is 3.07. The van der Waals surface area contributed by atoms with Crippen molar-refractivity contribution in [3.05, 3.63) is 64.6 Å². The lowest BCUT2D eigenvalue weighted by atomic mass is 10.1. The summed E-state index contributed by atoms with van der Waals surface area (Å²) < 4.78 is 21.8. The van der Waals surface area contributed by atoms with E-state index in [4.69, 9.17) is 4.74 Å². The van der Waals surface area contributed by atoms with Crippen LogP contribution < -0.4 is 5.56 Å². The van der Waals surface area contributed by atoms with Gasteiger partial charge in [-0.3, -0.25) is 4.79 Å². The topological polar surface area (TPSA) is 81.7 Å². The molecule has 0 aliphatic heterocycles. The van der Waals surface area contributed by atoms with E-state index in [1.807, 2.05) is 0 Å². The summed E-state index contributed by atoms with van der Waals surface area (Å²) in [5.41, 5.74) is 2.27. The van der Waals surface area contributed by atoms with E-state index in [0.29, 0.717) is 22.2 Å². The Morgan fingerprint density at radius 1 is 1.21 bits per heavy atom. The molecule has 0 spiro atoms. The van der Waals surface area contributed by atoms with Gasteiger partial charge in [-0.15, -0.1) is 0 Å². The van der Waals surface area contributed by atoms with Gasteiger partial charge in [0.2, 0.25) is 0 Å². The Bertz CT molecular complexity index is 1260. The number of nitrogens with zero attached hydrogens (tertiary/aromatic N) is 4. The number of hydrogen-bond acceptors (Lipinski definition) is 5. The highest BCUT2D eigenvalue weighted by Crippen LogP contribution is 2.30. The van der Waals surface area contributed by atoms with Crippen LogP contribution in [0.3, 0.4) is 0 Å². The van der Waals surface area contributed by atoms with E-state index in [-0.39, 0.29) is 24.6 Å². The van der Waals surface area contributed by atoms with Crippen molar-refractivity contribution in [2.75, 3.05) is 13.7 Å². The fourth-order valence-electron chi connectivity index (χ4n) is 3.42. The van der Waals surface area contributed by atoms with Crippen molar-refractivity contribution < 1.29 is 14.2 Å². The summed E-state index contributed by atoms with van der Waals surface area (Å²) in [6, 6.07) is 7.87. The summed E-state index contributed by atoms with van der Waals surface area (Å²) in [7, 11) is 1.57. The van der Waals surface area contributed by atoms with E-state index in [9.17, 15) is 14.3 Å². The molecule has 3 heterocycles. The number of rotatable bonds is 5. The number of halogens is 1. The van der Waals surface area contributed by atoms with Crippen molar-refractivity contribution >= 4 is 16.6 Å². The molecule has 0 atom stereocenters. The summed E-state index contributed by atoms with van der Waals surface area (Å²) in [4.78, 5) is 17.5. The van der Waals surface area contributed by atoms with Gasteiger partial charge in [0.05, 0.1) is 40.9 Å². The molecule has 0 aliphatic rings. The minimum Gasteiger partial charge on any atom is -0.394 e. The summed E-state index contributed by atoms with van der Waals surface area (Å²) in [5, 5.41) is 14.6. The number of aromatic nitrogens is 4. The average molecular weight is 396 g/mol. The second-order valence-electron chi connectivity index (χ2n) is 7.52. The lowest BCUT2D eigenvalue weighted by Gasteiger charge is -2.25. The molecule has 7 nitrogen and oxygen atoms in total. The molecule has 29 heavy (non-hydrogen) atoms. The van der Waals surface area contributed by atoms with Crippen LogP contribution in [0.4, 0.5) is 4.39 Å². The summed E-state index contributed by atoms with van der Waals surface area (Å²) in [5.74, 6) is -0.330. The van der Waals surface area contributed by atoms with Gasteiger partial charge in [0.1, 0.15) is 5.82 Å². The van der Waals surface area contributed by atoms with E-state index in [1.54, 1.807) is 49.9 Å². The molecule has 4 aromatic rings. The van der Waals surface area contributed by atoms with Gasteiger partial charge < -0.3 is 14.4 Å². The predicted octanol–water partition coefficient (Wildman–Crippen LogP) is 2.72. The first-order valence-electron chi connectivity index (χ1n) is 9.15. The number of pyridine rings is 1. The first-order valence-corrected chi connectivity index (χ1v) is 9.15. The maximum atomic E-state index is 13.4. The standard InChI is InChI=1S/C21H21FN4O3/c1-21(2,12-27)25-9-8-17-15(20(25)28)10-23-19-18(13-4-6-14(22)7-5-13)16(11-29-3)24-26(17)19/h4-10,27H,11-12H2,1-3H3. The van der Waals surface area contributed by atoms with Crippen molar-refractivity contribution in [1.29, 1.82) is 0 Å². The van der Waals surface area contributed by atoms with Gasteiger partial charge in [-0.1, -0.05) is 12.1 Å². The number of benzene rings is 1. The van der Waals surface area contributed by atoms with Gasteiger partial charge in [0.15, 0.2) is 5.65 Å². The van der Waals surface area contributed by atoms with Crippen LogP contribution in [0.5, 0.6) is 0 Å². The molecule has 3 aromatic heterocycles. The smallest absolute Gasteiger partial charge is 0.262 e. The van der Waals surface area contributed by atoms with Crippen LogP contribution in [0.25, 0.3) is 27.7 Å². The SMILES string of the molecule is COCc1nn2c(ncc3c(=O)n(C(C)(C)CO)ccc32)c1-c1ccc(F)cc1. The van der Waals surface area contributed by atoms with Crippen molar-refractivity contribution in [2.24, 2.45) is 0 Å². The Morgan fingerprint density at radius 3 is 2.59 bits per heavy atom. The number of fused-ring (bicyclic) bond motifs is 3. The molecule has 0 unspecified atom stereocenters. The second-order valence-corrected chi connectivity index (χ2v) is 7.52. The van der Waals surface area contributed by atoms with Crippen LogP contribution in [0.15, 0.2) is 47.5 Å². The van der Waals surface area contributed by atoms with Crippen LogP contribution in [0.1, 0.15) is 19.5 Å². The molecule has 0 radical (unpaired) electrons. The normalized spacial score (nSPS) is 12.2. The van der Waals surface area contributed by atoms with Crippen molar-refractivity contribution in [1.82, 2.24) is 19.2 Å². The van der Waals surface area contributed by atoms with Crippen LogP contribution >= 0.6 is 0 Å². The molecule has 0 saturated heterocycles. The van der Waals surface area contributed by atoms with E-state index in [1.165, 1.54) is 22.9 Å². The van der Waals surface area contributed by atoms with Crippen molar-refractivity contribution in [2.45, 2.75) is 26.0 Å². The minimum absolute atomic E-state index is 0.178. The quantitative estimate of drug-likeness (QED) is 0.561. The zero-order chi connectivity index (χ0) is 20.8. The summed E-state index contributed by atoms with van der Waals surface area (Å²) >= 11 is 0. The third kappa shape index (κ3) is 3.10. The highest BCUT2D eigenvalue weighted by Gasteiger charge is 2.23. The highest BCUT2D eigenvalue weighted by molar-refractivity contribution is 5.86. The first-order chi connectivity index (χ1) is 13.9. The van der Waals surface area contributed by atoms with E-state index >= 15 is 0 Å². The molecule has 0 aliphatic carbocycles. The first kappa shape index (κ1) is 19.2. The molecular weight excluding hydrogens is 375 g/mol. The lowest BCUT2D eigenvalue weighted by Crippen LogP contribution is -2.38. The van der Waals surface area contributed by atoms with Gasteiger partial charge in [-0.05, 0) is 37.6 Å². The van der Waals surface area contributed by atoms with Gasteiger partial charge in [-0.25, -0.2) is 13.9 Å². The molecule has 1 N–H and O–H groups in total. The Balaban J connectivity index is 2.02. The third-order valence-electron chi connectivity index (χ3n) is 5.04. The van der Waals surface area contributed by atoms with Crippen molar-refractivity contribution in [3.8, 4) is 11.1 Å². The highest BCUT2D eigenvalue weighted by atomic mass is 19.1. The monoisotopic (exact) mass is 396 g/mol. The molecule has 4 rings (SSSR count). The van der Waals surface area contributed by atoms with Gasteiger partial charge in [0, 0.05) is 19.5 Å². The molecule has 0 amide bonds. The number of methoxy groups -OCH3 is 1. The van der Waals surface area contributed by atoms with Crippen LogP contribution in [0, 0.1) is 5.82 Å². The summed E-state index contributed by atoms with van der Waals surface area (Å²) in [6.07, 6.45) is 3.16. The Morgan fingerprint density at radius 2 is 1.93 bits per heavy atom. The number of hydrogen-bond donors (Lipinski definition) is 1. The van der Waals surface area contributed by atoms with Crippen molar-refractivity contribution in [3.63, 3.8) is 0 Å². The zero-order valence-corrected chi connectivity index (χ0v) is 16.4. The predicted molar refractivity (Wildman–Crippen MR) is 107 cm³/mol. The second kappa shape index (κ2) is 7.06. The maximum absolute atomic E-state index is 13.4. The fraction of sp³-hybridized carbons (Fsp3) is 0.286. The molecule has 1 aromatic carbocycles. The molecular formula is C21H21FN4O3. The third-order valence-corrected chi connectivity index (χ3v) is 5.04. The van der Waals surface area contributed by atoms with Gasteiger partial charge >= 0.3 is 0 Å². The molecule has 0 fully saturated rings. The number of ether oxygens (including phenoxy) is 1. The molecule has 0 bridgehead atoms. The van der Waals surface area contributed by atoms with E-state index in [0.717, 1.165) is 11.1 Å². The molecule has 8 heteroatoms. The Hall–Kier alpha value is -3.10. The number of aliphatic hydroxyl groups excluding tert-OH is 1. The molecule has 150 valence electrons. The van der Waals surface area contributed by atoms with Gasteiger partial charge in [0.25, 0.3) is 5.56 Å². The van der Waals surface area contributed by atoms with Gasteiger partial charge in [-0.2, -0.15) is 5.10 Å². The van der Waals surface area contributed by atoms with Crippen LogP contribution in [0.2, 0.25) is 0 Å². The number of aliphatic hydroxyl groups is 1. The fourth-order valence-corrected chi connectivity index (χ4v) is 3.42. The molecule has 0 saturated carbocycles. The summed E-state index contributed by atoms with van der Waals surface area (Å²) in [6.45, 7) is 3.63. The zero-order valence-electron chi connectivity index (χ0n) is 16.4. The Labute approximate surface area is 166 Å².